The van der Waals surface area contributed by atoms with Crippen molar-refractivity contribution < 1.29 is 0 Å². The Labute approximate surface area is 346 Å². The molecule has 4 heteroatoms. The van der Waals surface area contributed by atoms with Crippen molar-refractivity contribution in [2.45, 2.75) is 0 Å². The lowest BCUT2D eigenvalue weighted by Crippen LogP contribution is -1.95. The van der Waals surface area contributed by atoms with Gasteiger partial charge in [-0.1, -0.05) is 152 Å². The summed E-state index contributed by atoms with van der Waals surface area (Å²) in [5, 5.41) is 8.93. The molecule has 4 nitrogen and oxygen atoms in total. The first kappa shape index (κ1) is 34.0. The molecule has 0 aliphatic rings. The number of rotatable bonds is 5. The fourth-order valence-corrected chi connectivity index (χ4v) is 8.92. The Balaban J connectivity index is 0.908. The van der Waals surface area contributed by atoms with Crippen molar-refractivity contribution in [1.29, 1.82) is 0 Å². The minimum Gasteiger partial charge on any atom is -0.254 e. The molecule has 0 saturated heterocycles. The Kier molecular flexibility index (Phi) is 7.82. The molecule has 278 valence electrons. The Morgan fingerprint density at radius 2 is 0.717 bits per heavy atom. The van der Waals surface area contributed by atoms with Crippen LogP contribution in [0.5, 0.6) is 0 Å². The van der Waals surface area contributed by atoms with Crippen molar-refractivity contribution in [1.82, 2.24) is 19.9 Å². The molecule has 0 fully saturated rings. The van der Waals surface area contributed by atoms with Gasteiger partial charge in [-0.25, -0.2) is 15.0 Å². The van der Waals surface area contributed by atoms with E-state index < -0.39 is 0 Å². The average molecular weight is 763 g/mol. The zero-order valence-electron chi connectivity index (χ0n) is 32.4. The molecule has 0 bridgehead atoms. The van der Waals surface area contributed by atoms with Crippen molar-refractivity contribution in [2.75, 3.05) is 0 Å². The summed E-state index contributed by atoms with van der Waals surface area (Å²) < 4.78 is 0. The van der Waals surface area contributed by atoms with Crippen LogP contribution in [0.15, 0.2) is 206 Å². The SMILES string of the molecule is c1ccc(-c2ccc(-c3ccc4cc(-c5ccc6nc(-c7c8ccccc8c(-c8ccc9ccc%10cccnc%10c9n8)c8ccccc78)ccc6c5)ccc4n3)cc2)cc1. The Hall–Kier alpha value is -8.08. The van der Waals surface area contributed by atoms with Crippen LogP contribution in [0.3, 0.4) is 0 Å². The Morgan fingerprint density at radius 3 is 1.33 bits per heavy atom. The molecule has 0 amide bonds. The van der Waals surface area contributed by atoms with Gasteiger partial charge in [0, 0.05) is 44.4 Å². The summed E-state index contributed by atoms with van der Waals surface area (Å²) in [5.74, 6) is 0. The molecular formula is C56H34N4. The molecule has 8 aromatic carbocycles. The second-order valence-electron chi connectivity index (χ2n) is 15.4. The van der Waals surface area contributed by atoms with Crippen LogP contribution in [0.2, 0.25) is 0 Å². The fraction of sp³-hybridized carbons (Fsp3) is 0. The van der Waals surface area contributed by atoms with E-state index in [9.17, 15) is 0 Å². The van der Waals surface area contributed by atoms with Crippen LogP contribution < -0.4 is 0 Å². The lowest BCUT2D eigenvalue weighted by Gasteiger charge is -2.17. The second kappa shape index (κ2) is 13.8. The molecule has 4 heterocycles. The van der Waals surface area contributed by atoms with Crippen LogP contribution in [0, 0.1) is 0 Å². The minimum absolute atomic E-state index is 0.911. The summed E-state index contributed by atoms with van der Waals surface area (Å²) >= 11 is 0. The van der Waals surface area contributed by atoms with E-state index in [1.165, 1.54) is 11.1 Å². The van der Waals surface area contributed by atoms with Crippen LogP contribution in [0.1, 0.15) is 0 Å². The van der Waals surface area contributed by atoms with Gasteiger partial charge in [-0.15, -0.1) is 0 Å². The number of benzene rings is 8. The smallest absolute Gasteiger partial charge is 0.0972 e. The van der Waals surface area contributed by atoms with Gasteiger partial charge in [-0.05, 0) is 92.3 Å². The van der Waals surface area contributed by atoms with Gasteiger partial charge in [0.25, 0.3) is 0 Å². The van der Waals surface area contributed by atoms with E-state index in [1.54, 1.807) is 0 Å². The number of fused-ring (bicyclic) bond motifs is 7. The van der Waals surface area contributed by atoms with Gasteiger partial charge in [-0.2, -0.15) is 0 Å². The highest BCUT2D eigenvalue weighted by Gasteiger charge is 2.19. The highest BCUT2D eigenvalue weighted by Crippen LogP contribution is 2.43. The average Bonchev–Trinajstić information content (AvgIpc) is 3.32. The maximum atomic E-state index is 5.34. The molecule has 0 spiro atoms. The first-order valence-electron chi connectivity index (χ1n) is 20.3. The lowest BCUT2D eigenvalue weighted by molar-refractivity contribution is 1.38. The number of hydrogen-bond acceptors (Lipinski definition) is 4. The Morgan fingerprint density at radius 1 is 0.267 bits per heavy atom. The van der Waals surface area contributed by atoms with Gasteiger partial charge in [0.15, 0.2) is 0 Å². The molecular weight excluding hydrogens is 729 g/mol. The van der Waals surface area contributed by atoms with Gasteiger partial charge in [-0.3, -0.25) is 4.98 Å². The normalized spacial score (nSPS) is 11.7. The number of aromatic nitrogens is 4. The van der Waals surface area contributed by atoms with E-state index in [0.29, 0.717) is 0 Å². The summed E-state index contributed by atoms with van der Waals surface area (Å²) in [6.07, 6.45) is 1.84. The zero-order chi connectivity index (χ0) is 39.6. The van der Waals surface area contributed by atoms with Crippen LogP contribution in [0.25, 0.3) is 121 Å². The first-order chi connectivity index (χ1) is 29.7. The second-order valence-corrected chi connectivity index (χ2v) is 15.4. The van der Waals surface area contributed by atoms with Crippen molar-refractivity contribution in [3.63, 3.8) is 0 Å². The van der Waals surface area contributed by atoms with Gasteiger partial charge in [0.05, 0.1) is 39.1 Å². The van der Waals surface area contributed by atoms with E-state index in [-0.39, 0.29) is 0 Å². The highest BCUT2D eigenvalue weighted by molar-refractivity contribution is 6.21. The van der Waals surface area contributed by atoms with Gasteiger partial charge >= 0.3 is 0 Å². The predicted molar refractivity (Wildman–Crippen MR) is 250 cm³/mol. The number of pyridine rings is 4. The van der Waals surface area contributed by atoms with Crippen molar-refractivity contribution in [3.05, 3.63) is 206 Å². The molecule has 0 atom stereocenters. The molecule has 12 aromatic rings. The maximum Gasteiger partial charge on any atom is 0.0972 e. The molecule has 60 heavy (non-hydrogen) atoms. The molecule has 0 radical (unpaired) electrons. The summed E-state index contributed by atoms with van der Waals surface area (Å²) in [4.78, 5) is 20.4. The third-order valence-electron chi connectivity index (χ3n) is 11.9. The maximum absolute atomic E-state index is 5.34. The third-order valence-corrected chi connectivity index (χ3v) is 11.9. The third kappa shape index (κ3) is 5.69. The standard InChI is InChI=1S/C56H34N4/c1-2-9-35(10-3-1)36-16-18-37(19-17-36)48-29-25-42-33-40(23-27-49(42)58-48)41-24-28-50-43(34-41)26-31-51(59-50)53-44-12-4-6-14-46(44)54(47-15-7-5-13-45(47)53)52-30-22-39-21-20-38-11-8-32-57-55(38)56(39)60-52/h1-34H. The summed E-state index contributed by atoms with van der Waals surface area (Å²) in [5.41, 5.74) is 14.6. The highest BCUT2D eigenvalue weighted by atomic mass is 14.8. The topological polar surface area (TPSA) is 51.6 Å². The lowest BCUT2D eigenvalue weighted by atomic mass is 9.88. The van der Waals surface area contributed by atoms with E-state index in [4.69, 9.17) is 19.9 Å². The van der Waals surface area contributed by atoms with Crippen molar-refractivity contribution in [3.8, 4) is 56.0 Å². The Bertz CT molecular complexity index is 3590. The van der Waals surface area contributed by atoms with E-state index >= 15 is 0 Å². The van der Waals surface area contributed by atoms with E-state index in [0.717, 1.165) is 110 Å². The minimum atomic E-state index is 0.911. The predicted octanol–water partition coefficient (Wildman–Crippen LogP) is 14.5. The molecule has 12 rings (SSSR count). The van der Waals surface area contributed by atoms with Crippen LogP contribution in [-0.4, -0.2) is 19.9 Å². The summed E-state index contributed by atoms with van der Waals surface area (Å²) in [7, 11) is 0. The van der Waals surface area contributed by atoms with Gasteiger partial charge in [0.2, 0.25) is 0 Å². The van der Waals surface area contributed by atoms with Gasteiger partial charge < -0.3 is 0 Å². The van der Waals surface area contributed by atoms with E-state index in [2.05, 4.69) is 188 Å². The van der Waals surface area contributed by atoms with Crippen molar-refractivity contribution >= 4 is 65.2 Å². The molecule has 0 aliphatic heterocycles. The van der Waals surface area contributed by atoms with Crippen LogP contribution in [-0.2, 0) is 0 Å². The molecule has 4 aromatic heterocycles. The monoisotopic (exact) mass is 762 g/mol. The number of hydrogen-bond donors (Lipinski definition) is 0. The summed E-state index contributed by atoms with van der Waals surface area (Å²) in [6, 6.07) is 70.8. The number of nitrogens with zero attached hydrogens (tertiary/aromatic N) is 4. The molecule has 0 N–H and O–H groups in total. The molecule has 0 aliphatic carbocycles. The quantitative estimate of drug-likeness (QED) is 0.129. The largest absolute Gasteiger partial charge is 0.254 e. The molecule has 0 saturated carbocycles. The van der Waals surface area contributed by atoms with E-state index in [1.807, 2.05) is 18.3 Å². The fourth-order valence-electron chi connectivity index (χ4n) is 8.92. The zero-order valence-corrected chi connectivity index (χ0v) is 32.4. The first-order valence-corrected chi connectivity index (χ1v) is 20.3. The molecule has 0 unspecified atom stereocenters. The van der Waals surface area contributed by atoms with Crippen molar-refractivity contribution in [2.24, 2.45) is 0 Å². The summed E-state index contributed by atoms with van der Waals surface area (Å²) in [6.45, 7) is 0. The van der Waals surface area contributed by atoms with Crippen LogP contribution >= 0.6 is 0 Å². The van der Waals surface area contributed by atoms with Crippen LogP contribution in [0.4, 0.5) is 0 Å². The van der Waals surface area contributed by atoms with Gasteiger partial charge in [0.1, 0.15) is 0 Å².